The van der Waals surface area contributed by atoms with Gasteiger partial charge in [0.25, 0.3) is 6.71 Å². The van der Waals surface area contributed by atoms with Crippen LogP contribution in [0.3, 0.4) is 0 Å². The number of nitrogens with zero attached hydrogens (tertiary/aromatic N) is 1. The van der Waals surface area contributed by atoms with Crippen LogP contribution in [0, 0.1) is 0 Å². The first kappa shape index (κ1) is 21.9. The van der Waals surface area contributed by atoms with Crippen LogP contribution in [-0.4, -0.2) is 6.71 Å². The van der Waals surface area contributed by atoms with Gasteiger partial charge < -0.3 is 0 Å². The van der Waals surface area contributed by atoms with E-state index in [9.17, 15) is 0 Å². The third-order valence-corrected chi connectivity index (χ3v) is 9.92. The van der Waals surface area contributed by atoms with Crippen molar-refractivity contribution in [3.8, 4) is 11.1 Å². The Labute approximate surface area is 230 Å². The summed E-state index contributed by atoms with van der Waals surface area (Å²) in [6.07, 6.45) is 0. The van der Waals surface area contributed by atoms with Gasteiger partial charge in [0, 0.05) is 15.1 Å². The van der Waals surface area contributed by atoms with E-state index in [1.165, 1.54) is 63.4 Å². The first-order chi connectivity index (χ1) is 18.9. The van der Waals surface area contributed by atoms with Crippen LogP contribution in [0.25, 0.3) is 31.3 Å². The van der Waals surface area contributed by atoms with Gasteiger partial charge in [-0.1, -0.05) is 115 Å². The molecule has 0 bridgehead atoms. The Morgan fingerprint density at radius 1 is 0.447 bits per heavy atom. The van der Waals surface area contributed by atoms with E-state index < -0.39 is 0 Å². The minimum absolute atomic E-state index is 0.164. The van der Waals surface area contributed by atoms with E-state index in [-0.39, 0.29) is 6.71 Å². The van der Waals surface area contributed by atoms with Crippen LogP contribution in [0.4, 0.5) is 15.7 Å². The molecule has 0 radical (unpaired) electrons. The highest BCUT2D eigenvalue weighted by atomic mass is 32.1. The van der Waals surface area contributed by atoms with E-state index in [1.807, 2.05) is 22.7 Å². The Balaban J connectivity index is 1.43. The highest BCUT2D eigenvalue weighted by Gasteiger charge is 2.40. The second-order valence-corrected chi connectivity index (χ2v) is 11.8. The normalized spacial score (nSPS) is 12.6. The van der Waals surface area contributed by atoms with Crippen molar-refractivity contribution in [2.24, 2.45) is 0 Å². The summed E-state index contributed by atoms with van der Waals surface area (Å²) < 4.78 is 2.67. The number of anilines is 3. The molecule has 0 unspecified atom stereocenters. The van der Waals surface area contributed by atoms with E-state index in [1.54, 1.807) is 0 Å². The Morgan fingerprint density at radius 2 is 0.921 bits per heavy atom. The van der Waals surface area contributed by atoms with Crippen molar-refractivity contribution in [2.45, 2.75) is 0 Å². The number of thiophene rings is 2. The second kappa shape index (κ2) is 8.73. The Hall–Kier alpha value is -4.12. The summed E-state index contributed by atoms with van der Waals surface area (Å²) in [6, 6.07) is 48.6. The lowest BCUT2D eigenvalue weighted by Gasteiger charge is -2.32. The largest absolute Gasteiger partial charge is 0.294 e. The molecule has 1 aliphatic heterocycles. The fourth-order valence-corrected chi connectivity index (χ4v) is 8.47. The molecule has 0 amide bonds. The molecule has 0 aliphatic carbocycles. The molecule has 0 spiro atoms. The molecular formula is C34H22BNS2. The van der Waals surface area contributed by atoms with Crippen molar-refractivity contribution in [1.29, 1.82) is 0 Å². The lowest BCUT2D eigenvalue weighted by Crippen LogP contribution is -2.56. The van der Waals surface area contributed by atoms with Crippen LogP contribution >= 0.6 is 22.7 Å². The van der Waals surface area contributed by atoms with Crippen LogP contribution in [0.1, 0.15) is 0 Å². The summed E-state index contributed by atoms with van der Waals surface area (Å²) in [5, 5.41) is 5.36. The van der Waals surface area contributed by atoms with E-state index in [4.69, 9.17) is 0 Å². The van der Waals surface area contributed by atoms with Crippen LogP contribution < -0.4 is 21.3 Å². The zero-order valence-corrected chi connectivity index (χ0v) is 22.2. The average Bonchev–Trinajstić information content (AvgIpc) is 3.56. The molecule has 0 saturated carbocycles. The van der Waals surface area contributed by atoms with Crippen molar-refractivity contribution in [3.63, 3.8) is 0 Å². The topological polar surface area (TPSA) is 3.24 Å². The van der Waals surface area contributed by atoms with Crippen LogP contribution in [-0.2, 0) is 0 Å². The molecule has 1 nitrogen and oxygen atoms in total. The molecule has 4 heteroatoms. The maximum atomic E-state index is 2.51. The molecule has 38 heavy (non-hydrogen) atoms. The number of hydrogen-bond donors (Lipinski definition) is 0. The second-order valence-electron chi connectivity index (χ2n) is 9.73. The van der Waals surface area contributed by atoms with Crippen LogP contribution in [0.2, 0.25) is 0 Å². The molecule has 0 fully saturated rings. The van der Waals surface area contributed by atoms with E-state index >= 15 is 0 Å². The van der Waals surface area contributed by atoms with Gasteiger partial charge in [0.1, 0.15) is 0 Å². The number of para-hydroxylation sites is 1. The highest BCUT2D eigenvalue weighted by molar-refractivity contribution is 7.30. The fraction of sp³-hybridized carbons (Fsp3) is 0. The average molecular weight is 520 g/mol. The SMILES string of the molecule is c1ccc(-c2ccc(B3c4c(sc5ccccc45)N(c4ccccc4)c4sc5ccccc5c43)cc2)cc1. The van der Waals surface area contributed by atoms with Crippen molar-refractivity contribution in [2.75, 3.05) is 4.90 Å². The standard InChI is InChI=1S/C34H22BNS2/c1-3-11-23(12-4-1)24-19-21-25(22-20-24)35-31-27-15-7-9-17-29(27)37-33(31)36(26-13-5-2-6-14-26)34-32(35)28-16-8-10-18-30(28)38-34/h1-22H. The van der Waals surface area contributed by atoms with Gasteiger partial charge >= 0.3 is 0 Å². The summed E-state index contributed by atoms with van der Waals surface area (Å²) in [6.45, 7) is 0.164. The maximum absolute atomic E-state index is 2.51. The highest BCUT2D eigenvalue weighted by Crippen LogP contribution is 2.46. The number of rotatable bonds is 3. The lowest BCUT2D eigenvalue weighted by atomic mass is 9.35. The molecule has 8 rings (SSSR count). The van der Waals surface area contributed by atoms with Crippen molar-refractivity contribution in [3.05, 3.63) is 133 Å². The summed E-state index contributed by atoms with van der Waals surface area (Å²) in [5.74, 6) is 0. The Bertz CT molecular complexity index is 1840. The Kier molecular flexibility index (Phi) is 5.04. The van der Waals surface area contributed by atoms with E-state index in [0.717, 1.165) is 0 Å². The summed E-state index contributed by atoms with van der Waals surface area (Å²) in [7, 11) is 0. The van der Waals surface area contributed by atoms with Crippen molar-refractivity contribution in [1.82, 2.24) is 0 Å². The van der Waals surface area contributed by atoms with Gasteiger partial charge in [-0.2, -0.15) is 0 Å². The van der Waals surface area contributed by atoms with Crippen LogP contribution in [0.15, 0.2) is 133 Å². The molecule has 5 aromatic carbocycles. The van der Waals surface area contributed by atoms with Gasteiger partial charge in [0.2, 0.25) is 0 Å². The molecule has 0 N–H and O–H groups in total. The van der Waals surface area contributed by atoms with Crippen LogP contribution in [0.5, 0.6) is 0 Å². The van der Waals surface area contributed by atoms with Gasteiger partial charge in [-0.3, -0.25) is 4.90 Å². The molecule has 178 valence electrons. The predicted molar refractivity (Wildman–Crippen MR) is 168 cm³/mol. The summed E-state index contributed by atoms with van der Waals surface area (Å²) in [5.41, 5.74) is 7.89. The van der Waals surface area contributed by atoms with Crippen molar-refractivity contribution < 1.29 is 0 Å². The smallest absolute Gasteiger partial charge is 0.250 e. The molecule has 0 saturated heterocycles. The fourth-order valence-electron chi connectivity index (χ4n) is 5.88. The summed E-state index contributed by atoms with van der Waals surface area (Å²) >= 11 is 3.81. The Morgan fingerprint density at radius 3 is 1.50 bits per heavy atom. The van der Waals surface area contributed by atoms with Gasteiger partial charge in [-0.05, 0) is 57.1 Å². The van der Waals surface area contributed by atoms with Gasteiger partial charge in [-0.15, -0.1) is 22.7 Å². The third-order valence-electron chi connectivity index (χ3n) is 7.58. The van der Waals surface area contributed by atoms with Gasteiger partial charge in [0.15, 0.2) is 0 Å². The lowest BCUT2D eigenvalue weighted by molar-refractivity contribution is 1.37. The minimum Gasteiger partial charge on any atom is -0.294 e. The zero-order chi connectivity index (χ0) is 25.1. The molecule has 0 atom stereocenters. The molecule has 1 aliphatic rings. The molecule has 7 aromatic rings. The third kappa shape index (κ3) is 3.31. The van der Waals surface area contributed by atoms with E-state index in [2.05, 4.69) is 138 Å². The number of hydrogen-bond acceptors (Lipinski definition) is 3. The summed E-state index contributed by atoms with van der Waals surface area (Å²) in [4.78, 5) is 2.51. The molecule has 3 heterocycles. The first-order valence-electron chi connectivity index (χ1n) is 12.9. The zero-order valence-electron chi connectivity index (χ0n) is 20.5. The first-order valence-corrected chi connectivity index (χ1v) is 14.5. The number of fused-ring (bicyclic) bond motifs is 6. The van der Waals surface area contributed by atoms with E-state index in [0.29, 0.717) is 0 Å². The van der Waals surface area contributed by atoms with Gasteiger partial charge in [-0.25, -0.2) is 0 Å². The monoisotopic (exact) mass is 519 g/mol. The maximum Gasteiger partial charge on any atom is 0.250 e. The van der Waals surface area contributed by atoms with Crippen molar-refractivity contribution >= 4 is 81.6 Å². The minimum atomic E-state index is 0.164. The molecular weight excluding hydrogens is 497 g/mol. The molecule has 2 aromatic heterocycles. The number of benzene rings is 5. The quantitative estimate of drug-likeness (QED) is 0.213. The van der Waals surface area contributed by atoms with Gasteiger partial charge in [0.05, 0.1) is 10.0 Å². The predicted octanol–water partition coefficient (Wildman–Crippen LogP) is 8.08.